The molecule has 0 bridgehead atoms. The molecule has 0 amide bonds. The zero-order valence-electron chi connectivity index (χ0n) is 13.1. The molecule has 4 heteroatoms. The molecule has 0 radical (unpaired) electrons. The second-order valence-corrected chi connectivity index (χ2v) is 5.46. The van der Waals surface area contributed by atoms with Crippen molar-refractivity contribution in [3.63, 3.8) is 0 Å². The van der Waals surface area contributed by atoms with E-state index in [9.17, 15) is 4.39 Å². The van der Waals surface area contributed by atoms with Gasteiger partial charge in [-0.15, -0.1) is 0 Å². The van der Waals surface area contributed by atoms with E-state index in [4.69, 9.17) is 4.74 Å². The summed E-state index contributed by atoms with van der Waals surface area (Å²) < 4.78 is 18.9. The minimum Gasteiger partial charge on any atom is -0.473 e. The van der Waals surface area contributed by atoms with Crippen LogP contribution in [0.25, 0.3) is 11.4 Å². The highest BCUT2D eigenvalue weighted by atomic mass is 19.1. The summed E-state index contributed by atoms with van der Waals surface area (Å²) in [7, 11) is 0. The highest BCUT2D eigenvalue weighted by molar-refractivity contribution is 5.56. The number of rotatable bonds is 4. The first-order chi connectivity index (χ1) is 11.1. The number of hydrogen-bond donors (Lipinski definition) is 0. The van der Waals surface area contributed by atoms with Crippen molar-refractivity contribution in [2.45, 2.75) is 20.5 Å². The maximum atomic E-state index is 13.2. The van der Waals surface area contributed by atoms with Crippen molar-refractivity contribution in [2.75, 3.05) is 0 Å². The summed E-state index contributed by atoms with van der Waals surface area (Å²) in [5.41, 5.74) is 3.71. The monoisotopic (exact) mass is 308 g/mol. The SMILES string of the molecule is Cc1ccc(-c2nc(C)cc(OCc3cccc(F)c3)n2)cc1. The fraction of sp³-hybridized carbons (Fsp3) is 0.158. The number of ether oxygens (including phenoxy) is 1. The Labute approximate surface area is 134 Å². The third kappa shape index (κ3) is 3.92. The van der Waals surface area contributed by atoms with Crippen LogP contribution in [0.15, 0.2) is 54.6 Å². The summed E-state index contributed by atoms with van der Waals surface area (Å²) in [6.45, 7) is 4.20. The average molecular weight is 308 g/mol. The molecule has 23 heavy (non-hydrogen) atoms. The minimum atomic E-state index is -0.273. The summed E-state index contributed by atoms with van der Waals surface area (Å²) >= 11 is 0. The molecule has 0 fully saturated rings. The molecule has 3 nitrogen and oxygen atoms in total. The van der Waals surface area contributed by atoms with Crippen molar-refractivity contribution in [1.82, 2.24) is 9.97 Å². The lowest BCUT2D eigenvalue weighted by atomic mass is 10.1. The molecule has 0 N–H and O–H groups in total. The van der Waals surface area contributed by atoms with Crippen LogP contribution < -0.4 is 4.74 Å². The fourth-order valence-electron chi connectivity index (χ4n) is 2.23. The third-order valence-electron chi connectivity index (χ3n) is 3.42. The Kier molecular flexibility index (Phi) is 4.33. The molecule has 0 unspecified atom stereocenters. The maximum absolute atomic E-state index is 13.2. The van der Waals surface area contributed by atoms with Gasteiger partial charge in [-0.2, -0.15) is 4.98 Å². The lowest BCUT2D eigenvalue weighted by Crippen LogP contribution is -2.01. The Bertz CT molecular complexity index is 816. The van der Waals surface area contributed by atoms with Crippen molar-refractivity contribution in [3.05, 3.63) is 77.2 Å². The molecule has 2 aromatic carbocycles. The van der Waals surface area contributed by atoms with Crippen molar-refractivity contribution in [2.24, 2.45) is 0 Å². The van der Waals surface area contributed by atoms with Crippen molar-refractivity contribution in [1.29, 1.82) is 0 Å². The number of halogens is 1. The Hall–Kier alpha value is -2.75. The maximum Gasteiger partial charge on any atom is 0.217 e. The number of aromatic nitrogens is 2. The quantitative estimate of drug-likeness (QED) is 0.713. The standard InChI is InChI=1S/C19H17FN2O/c1-13-6-8-16(9-7-13)19-21-14(2)10-18(22-19)23-12-15-4-3-5-17(20)11-15/h3-11H,12H2,1-2H3. The van der Waals surface area contributed by atoms with E-state index < -0.39 is 0 Å². The van der Waals surface area contributed by atoms with Gasteiger partial charge in [0, 0.05) is 17.3 Å². The summed E-state index contributed by atoms with van der Waals surface area (Å²) in [5.74, 6) is 0.835. The average Bonchev–Trinajstić information content (AvgIpc) is 2.53. The molecular formula is C19H17FN2O. The Morgan fingerprint density at radius 3 is 2.48 bits per heavy atom. The van der Waals surface area contributed by atoms with Crippen LogP contribution >= 0.6 is 0 Å². The van der Waals surface area contributed by atoms with E-state index >= 15 is 0 Å². The van der Waals surface area contributed by atoms with E-state index in [1.807, 2.05) is 44.2 Å². The van der Waals surface area contributed by atoms with Crippen LogP contribution in [0.2, 0.25) is 0 Å². The van der Waals surface area contributed by atoms with Gasteiger partial charge in [-0.05, 0) is 31.5 Å². The molecule has 0 atom stereocenters. The molecule has 0 aliphatic heterocycles. The van der Waals surface area contributed by atoms with Gasteiger partial charge in [-0.1, -0.05) is 42.0 Å². The molecule has 0 aliphatic carbocycles. The highest BCUT2D eigenvalue weighted by Gasteiger charge is 2.06. The number of nitrogens with zero attached hydrogens (tertiary/aromatic N) is 2. The first-order valence-corrected chi connectivity index (χ1v) is 7.40. The van der Waals surface area contributed by atoms with E-state index in [-0.39, 0.29) is 12.4 Å². The van der Waals surface area contributed by atoms with Gasteiger partial charge < -0.3 is 4.74 Å². The van der Waals surface area contributed by atoms with Crippen LogP contribution in [0.5, 0.6) is 5.88 Å². The zero-order chi connectivity index (χ0) is 16.2. The predicted octanol–water partition coefficient (Wildman–Crippen LogP) is 4.48. The zero-order valence-corrected chi connectivity index (χ0v) is 13.1. The van der Waals surface area contributed by atoms with Gasteiger partial charge in [0.1, 0.15) is 12.4 Å². The van der Waals surface area contributed by atoms with Crippen LogP contribution in [0.1, 0.15) is 16.8 Å². The van der Waals surface area contributed by atoms with E-state index in [0.29, 0.717) is 11.7 Å². The molecule has 0 aliphatic rings. The van der Waals surface area contributed by atoms with Gasteiger partial charge in [-0.3, -0.25) is 0 Å². The summed E-state index contributed by atoms with van der Waals surface area (Å²) in [6.07, 6.45) is 0. The smallest absolute Gasteiger partial charge is 0.217 e. The van der Waals surface area contributed by atoms with Crippen LogP contribution in [-0.4, -0.2) is 9.97 Å². The van der Waals surface area contributed by atoms with Crippen molar-refractivity contribution in [3.8, 4) is 17.3 Å². The van der Waals surface area contributed by atoms with Gasteiger partial charge in [0.15, 0.2) is 5.82 Å². The summed E-state index contributed by atoms with van der Waals surface area (Å²) in [5, 5.41) is 0. The third-order valence-corrected chi connectivity index (χ3v) is 3.42. The Balaban J connectivity index is 1.81. The van der Waals surface area contributed by atoms with Crippen LogP contribution in [0, 0.1) is 19.7 Å². The molecule has 1 heterocycles. The van der Waals surface area contributed by atoms with Crippen molar-refractivity contribution >= 4 is 0 Å². The number of hydrogen-bond acceptors (Lipinski definition) is 3. The van der Waals surface area contributed by atoms with Crippen molar-refractivity contribution < 1.29 is 9.13 Å². The molecular weight excluding hydrogens is 291 g/mol. The normalized spacial score (nSPS) is 10.6. The van der Waals surface area contributed by atoms with E-state index in [0.717, 1.165) is 16.8 Å². The largest absolute Gasteiger partial charge is 0.473 e. The number of benzene rings is 2. The molecule has 3 rings (SSSR count). The van der Waals surface area contributed by atoms with E-state index in [2.05, 4.69) is 9.97 Å². The predicted molar refractivity (Wildman–Crippen MR) is 87.7 cm³/mol. The number of aryl methyl sites for hydroxylation is 2. The second-order valence-electron chi connectivity index (χ2n) is 5.46. The van der Waals surface area contributed by atoms with Gasteiger partial charge in [0.25, 0.3) is 0 Å². The Morgan fingerprint density at radius 1 is 0.957 bits per heavy atom. The Morgan fingerprint density at radius 2 is 1.74 bits per heavy atom. The molecule has 1 aromatic heterocycles. The van der Waals surface area contributed by atoms with Gasteiger partial charge in [-0.25, -0.2) is 9.37 Å². The van der Waals surface area contributed by atoms with Gasteiger partial charge in [0.05, 0.1) is 0 Å². The second kappa shape index (κ2) is 6.57. The minimum absolute atomic E-state index is 0.265. The van der Waals surface area contributed by atoms with Crippen LogP contribution in [0.4, 0.5) is 4.39 Å². The summed E-state index contributed by atoms with van der Waals surface area (Å²) in [4.78, 5) is 8.90. The lowest BCUT2D eigenvalue weighted by Gasteiger charge is -2.08. The first-order valence-electron chi connectivity index (χ1n) is 7.40. The topological polar surface area (TPSA) is 35.0 Å². The molecule has 0 saturated heterocycles. The van der Waals surface area contributed by atoms with Gasteiger partial charge >= 0.3 is 0 Å². The molecule has 116 valence electrons. The molecule has 0 saturated carbocycles. The lowest BCUT2D eigenvalue weighted by molar-refractivity contribution is 0.293. The molecule has 3 aromatic rings. The molecule has 0 spiro atoms. The van der Waals surface area contributed by atoms with Crippen LogP contribution in [0.3, 0.4) is 0 Å². The van der Waals surface area contributed by atoms with E-state index in [1.165, 1.54) is 17.7 Å². The fourth-order valence-corrected chi connectivity index (χ4v) is 2.23. The highest BCUT2D eigenvalue weighted by Crippen LogP contribution is 2.20. The van der Waals surface area contributed by atoms with Gasteiger partial charge in [0.2, 0.25) is 5.88 Å². The first kappa shape index (κ1) is 15.2. The van der Waals surface area contributed by atoms with E-state index in [1.54, 1.807) is 12.1 Å². The van der Waals surface area contributed by atoms with Crippen LogP contribution in [-0.2, 0) is 6.61 Å². The summed E-state index contributed by atoms with van der Waals surface area (Å²) in [6, 6.07) is 16.1.